The van der Waals surface area contributed by atoms with Gasteiger partial charge in [0.25, 0.3) is 0 Å². The number of aryl methyl sites for hydroxylation is 1. The first kappa shape index (κ1) is 30.5. The smallest absolute Gasteiger partial charge is 0.312 e. The minimum atomic E-state index is -0.421. The van der Waals surface area contributed by atoms with Crippen LogP contribution in [-0.4, -0.2) is 6.03 Å². The number of benzene rings is 1. The Balaban J connectivity index is 2.22. The number of hydrogen-bond acceptors (Lipinski definition) is 1. The molecule has 0 bridgehead atoms. The summed E-state index contributed by atoms with van der Waals surface area (Å²) in [5, 5.41) is 2.97. The second kappa shape index (κ2) is 22.0. The lowest BCUT2D eigenvalue weighted by atomic mass is 9.97. The van der Waals surface area contributed by atoms with E-state index in [0.29, 0.717) is 0 Å². The third-order valence-corrected chi connectivity index (χ3v) is 7.11. The first-order valence-electron chi connectivity index (χ1n) is 14.8. The van der Waals surface area contributed by atoms with Crippen LogP contribution < -0.4 is 11.1 Å². The van der Waals surface area contributed by atoms with Crippen LogP contribution in [0.2, 0.25) is 0 Å². The standard InChI is InChI=1S/C31H56N2O/c1-3-5-7-9-11-13-15-16-18-20-22-28-24-26-29(27-25-28)30(33-31(32)34)23-21-19-17-14-12-10-8-6-4-2/h24-27,30H,3-23H2,1-2H3,(H3,32,33,34). The van der Waals surface area contributed by atoms with Gasteiger partial charge in [-0.15, -0.1) is 0 Å². The Bertz CT molecular complexity index is 584. The highest BCUT2D eigenvalue weighted by Gasteiger charge is 2.13. The molecule has 0 aliphatic rings. The minimum Gasteiger partial charge on any atom is -0.352 e. The molecule has 0 aromatic heterocycles. The van der Waals surface area contributed by atoms with Gasteiger partial charge in [-0.1, -0.05) is 154 Å². The number of primary amides is 1. The highest BCUT2D eigenvalue weighted by atomic mass is 16.2. The van der Waals surface area contributed by atoms with Gasteiger partial charge in [0.15, 0.2) is 0 Å². The quantitative estimate of drug-likeness (QED) is 0.153. The lowest BCUT2D eigenvalue weighted by Gasteiger charge is -2.18. The fraction of sp³-hybridized carbons (Fsp3) is 0.774. The molecule has 3 heteroatoms. The van der Waals surface area contributed by atoms with Crippen molar-refractivity contribution >= 4 is 6.03 Å². The highest BCUT2D eigenvalue weighted by Crippen LogP contribution is 2.22. The van der Waals surface area contributed by atoms with E-state index in [2.05, 4.69) is 43.4 Å². The van der Waals surface area contributed by atoms with Crippen LogP contribution in [0.15, 0.2) is 24.3 Å². The zero-order valence-corrected chi connectivity index (χ0v) is 22.7. The molecule has 0 saturated heterocycles. The van der Waals surface area contributed by atoms with E-state index in [1.807, 2.05) is 0 Å². The number of carbonyl (C=O) groups excluding carboxylic acids is 1. The Kier molecular flexibility index (Phi) is 19.7. The molecule has 0 aliphatic carbocycles. The normalized spacial score (nSPS) is 12.1. The predicted octanol–water partition coefficient (Wildman–Crippen LogP) is 9.78. The predicted molar refractivity (Wildman–Crippen MR) is 149 cm³/mol. The van der Waals surface area contributed by atoms with E-state index < -0.39 is 6.03 Å². The van der Waals surface area contributed by atoms with Gasteiger partial charge in [0, 0.05) is 0 Å². The van der Waals surface area contributed by atoms with Gasteiger partial charge < -0.3 is 11.1 Å². The number of amides is 2. The van der Waals surface area contributed by atoms with Crippen molar-refractivity contribution in [1.82, 2.24) is 5.32 Å². The number of urea groups is 1. The Morgan fingerprint density at radius 1 is 0.647 bits per heavy atom. The summed E-state index contributed by atoms with van der Waals surface area (Å²) in [4.78, 5) is 11.5. The van der Waals surface area contributed by atoms with Crippen molar-refractivity contribution < 1.29 is 4.79 Å². The molecule has 0 saturated carbocycles. The van der Waals surface area contributed by atoms with Crippen LogP contribution in [0.25, 0.3) is 0 Å². The van der Waals surface area contributed by atoms with E-state index in [0.717, 1.165) is 19.3 Å². The third-order valence-electron chi connectivity index (χ3n) is 7.11. The van der Waals surface area contributed by atoms with Gasteiger partial charge in [-0.05, 0) is 30.4 Å². The molecule has 0 fully saturated rings. The molecule has 196 valence electrons. The molecular formula is C31H56N2O. The molecule has 2 amide bonds. The fourth-order valence-electron chi connectivity index (χ4n) is 4.89. The van der Waals surface area contributed by atoms with Crippen LogP contribution in [0.5, 0.6) is 0 Å². The summed E-state index contributed by atoms with van der Waals surface area (Å²) in [5.41, 5.74) is 8.06. The molecule has 1 atom stereocenters. The number of rotatable bonds is 23. The van der Waals surface area contributed by atoms with E-state index in [-0.39, 0.29) is 6.04 Å². The van der Waals surface area contributed by atoms with Crippen LogP contribution in [-0.2, 0) is 6.42 Å². The molecule has 1 rings (SSSR count). The molecule has 0 spiro atoms. The second-order valence-corrected chi connectivity index (χ2v) is 10.4. The van der Waals surface area contributed by atoms with Crippen LogP contribution in [0.3, 0.4) is 0 Å². The Morgan fingerprint density at radius 2 is 1.06 bits per heavy atom. The van der Waals surface area contributed by atoms with Gasteiger partial charge in [-0.3, -0.25) is 0 Å². The number of carbonyl (C=O) groups is 1. The second-order valence-electron chi connectivity index (χ2n) is 10.4. The first-order chi connectivity index (χ1) is 16.7. The fourth-order valence-corrected chi connectivity index (χ4v) is 4.89. The zero-order chi connectivity index (χ0) is 24.7. The summed E-state index contributed by atoms with van der Waals surface area (Å²) in [6.45, 7) is 4.55. The highest BCUT2D eigenvalue weighted by molar-refractivity contribution is 5.72. The van der Waals surface area contributed by atoms with Crippen molar-refractivity contribution in [3.8, 4) is 0 Å². The van der Waals surface area contributed by atoms with Crippen LogP contribution in [0.1, 0.15) is 159 Å². The van der Waals surface area contributed by atoms with Crippen molar-refractivity contribution in [1.29, 1.82) is 0 Å². The summed E-state index contributed by atoms with van der Waals surface area (Å²) in [6.07, 6.45) is 27.7. The summed E-state index contributed by atoms with van der Waals surface area (Å²) in [7, 11) is 0. The van der Waals surface area contributed by atoms with Crippen molar-refractivity contribution in [2.24, 2.45) is 5.73 Å². The number of unbranched alkanes of at least 4 members (excludes halogenated alkanes) is 17. The minimum absolute atomic E-state index is 0.0356. The van der Waals surface area contributed by atoms with Crippen molar-refractivity contribution in [2.75, 3.05) is 0 Å². The Hall–Kier alpha value is -1.51. The van der Waals surface area contributed by atoms with Crippen molar-refractivity contribution in [3.63, 3.8) is 0 Å². The average Bonchev–Trinajstić information content (AvgIpc) is 2.83. The van der Waals surface area contributed by atoms with E-state index in [4.69, 9.17) is 5.73 Å². The third kappa shape index (κ3) is 17.0. The summed E-state index contributed by atoms with van der Waals surface area (Å²) < 4.78 is 0. The molecule has 0 heterocycles. The molecule has 0 radical (unpaired) electrons. The SMILES string of the molecule is CCCCCCCCCCCCc1ccc(C(CCCCCCCCCCC)NC(N)=O)cc1. The average molecular weight is 473 g/mol. The molecule has 1 unspecified atom stereocenters. The van der Waals surface area contributed by atoms with Crippen LogP contribution in [0.4, 0.5) is 4.79 Å². The molecule has 1 aromatic rings. The van der Waals surface area contributed by atoms with Gasteiger partial charge in [-0.2, -0.15) is 0 Å². The first-order valence-corrected chi connectivity index (χ1v) is 14.8. The van der Waals surface area contributed by atoms with Crippen molar-refractivity contribution in [3.05, 3.63) is 35.4 Å². The lowest BCUT2D eigenvalue weighted by molar-refractivity contribution is 0.244. The number of nitrogens with one attached hydrogen (secondary N) is 1. The van der Waals surface area contributed by atoms with Crippen LogP contribution >= 0.6 is 0 Å². The molecule has 0 aliphatic heterocycles. The van der Waals surface area contributed by atoms with E-state index in [1.54, 1.807) is 0 Å². The van der Waals surface area contributed by atoms with Gasteiger partial charge in [0.1, 0.15) is 0 Å². The maximum absolute atomic E-state index is 11.5. The van der Waals surface area contributed by atoms with E-state index in [1.165, 1.54) is 127 Å². The van der Waals surface area contributed by atoms with Gasteiger partial charge in [0.05, 0.1) is 6.04 Å². The largest absolute Gasteiger partial charge is 0.352 e. The summed E-state index contributed by atoms with van der Waals surface area (Å²) >= 11 is 0. The monoisotopic (exact) mass is 472 g/mol. The summed E-state index contributed by atoms with van der Waals surface area (Å²) in [6, 6.07) is 8.49. The lowest BCUT2D eigenvalue weighted by Crippen LogP contribution is -2.33. The number of hydrogen-bond donors (Lipinski definition) is 2. The zero-order valence-electron chi connectivity index (χ0n) is 22.7. The number of nitrogens with two attached hydrogens (primary N) is 1. The van der Waals surface area contributed by atoms with E-state index >= 15 is 0 Å². The van der Waals surface area contributed by atoms with Crippen molar-refractivity contribution in [2.45, 2.75) is 155 Å². The van der Waals surface area contributed by atoms with E-state index in [9.17, 15) is 4.79 Å². The van der Waals surface area contributed by atoms with Crippen LogP contribution in [0, 0.1) is 0 Å². The van der Waals surface area contributed by atoms with Gasteiger partial charge >= 0.3 is 6.03 Å². The van der Waals surface area contributed by atoms with Gasteiger partial charge in [0.2, 0.25) is 0 Å². The molecular weight excluding hydrogens is 416 g/mol. The molecule has 34 heavy (non-hydrogen) atoms. The molecule has 3 nitrogen and oxygen atoms in total. The maximum Gasteiger partial charge on any atom is 0.312 e. The molecule has 3 N–H and O–H groups in total. The Labute approximate surface area is 212 Å². The molecule has 1 aromatic carbocycles. The van der Waals surface area contributed by atoms with Gasteiger partial charge in [-0.25, -0.2) is 4.79 Å². The maximum atomic E-state index is 11.5. The topological polar surface area (TPSA) is 55.1 Å². The Morgan fingerprint density at radius 3 is 1.50 bits per heavy atom. The summed E-state index contributed by atoms with van der Waals surface area (Å²) in [5.74, 6) is 0.